The minimum atomic E-state index is -3.92. The fourth-order valence-electron chi connectivity index (χ4n) is 5.68. The number of ether oxygens (including phenoxy) is 1. The average Bonchev–Trinajstić information content (AvgIpc) is 3.49. The number of anilines is 2. The third kappa shape index (κ3) is 4.72. The molecule has 2 heterocycles. The summed E-state index contributed by atoms with van der Waals surface area (Å²) in [6.45, 7) is 4.25. The molecule has 1 aromatic heterocycles. The first kappa shape index (κ1) is 26.6. The third-order valence-corrected chi connectivity index (χ3v) is 9.40. The van der Waals surface area contributed by atoms with E-state index in [1.165, 1.54) is 28.6 Å². The second-order valence-electron chi connectivity index (χ2n) is 10.1. The van der Waals surface area contributed by atoms with Gasteiger partial charge >= 0.3 is 5.97 Å². The van der Waals surface area contributed by atoms with Gasteiger partial charge in [0.15, 0.2) is 6.61 Å². The van der Waals surface area contributed by atoms with E-state index in [1.807, 2.05) is 49.4 Å². The van der Waals surface area contributed by atoms with E-state index in [1.54, 1.807) is 12.1 Å². The molecule has 0 radical (unpaired) electrons. The van der Waals surface area contributed by atoms with Gasteiger partial charge in [-0.2, -0.15) is 0 Å². The van der Waals surface area contributed by atoms with E-state index in [0.717, 1.165) is 33.9 Å². The van der Waals surface area contributed by atoms with Crippen molar-refractivity contribution >= 4 is 55.1 Å². The van der Waals surface area contributed by atoms with Crippen molar-refractivity contribution < 1.29 is 22.7 Å². The molecular formula is C32H29N3O5S. The van der Waals surface area contributed by atoms with Gasteiger partial charge in [0.1, 0.15) is 0 Å². The molecule has 0 saturated heterocycles. The zero-order valence-electron chi connectivity index (χ0n) is 22.7. The molecule has 0 spiro atoms. The first-order chi connectivity index (χ1) is 19.8. The SMILES string of the molecule is CCn1c2ccccc2c2cc(NC(=O)COC(=O)c3cccc(S(=O)(=O)N4c5ccccc5C[C@H]4C)c3)ccc21. The van der Waals surface area contributed by atoms with Crippen molar-refractivity contribution in [2.24, 2.45) is 0 Å². The molecule has 9 heteroatoms. The Labute approximate surface area is 238 Å². The van der Waals surface area contributed by atoms with Crippen LogP contribution in [-0.2, 0) is 32.5 Å². The Kier molecular flexibility index (Phi) is 6.75. The molecule has 0 fully saturated rings. The molecule has 0 aliphatic carbocycles. The molecule has 1 amide bonds. The van der Waals surface area contributed by atoms with Crippen LogP contribution in [0.2, 0.25) is 0 Å². The highest BCUT2D eigenvalue weighted by Crippen LogP contribution is 2.36. The van der Waals surface area contributed by atoms with Gasteiger partial charge in [-0.25, -0.2) is 13.2 Å². The maximum atomic E-state index is 13.6. The summed E-state index contributed by atoms with van der Waals surface area (Å²) in [7, 11) is -3.92. The summed E-state index contributed by atoms with van der Waals surface area (Å²) < 4.78 is 36.0. The molecule has 8 nitrogen and oxygen atoms in total. The lowest BCUT2D eigenvalue weighted by atomic mass is 10.1. The predicted molar refractivity (Wildman–Crippen MR) is 160 cm³/mol. The van der Waals surface area contributed by atoms with Gasteiger partial charge in [0.25, 0.3) is 15.9 Å². The fourth-order valence-corrected chi connectivity index (χ4v) is 7.42. The highest BCUT2D eigenvalue weighted by molar-refractivity contribution is 7.92. The van der Waals surface area contributed by atoms with Crippen LogP contribution in [0.25, 0.3) is 21.8 Å². The molecule has 1 atom stereocenters. The third-order valence-electron chi connectivity index (χ3n) is 7.48. The van der Waals surface area contributed by atoms with E-state index in [0.29, 0.717) is 17.8 Å². The minimum absolute atomic E-state index is 0.0144. The van der Waals surface area contributed by atoms with Crippen LogP contribution < -0.4 is 9.62 Å². The van der Waals surface area contributed by atoms with Crippen LogP contribution in [0.4, 0.5) is 11.4 Å². The predicted octanol–water partition coefficient (Wildman–Crippen LogP) is 5.75. The van der Waals surface area contributed by atoms with E-state index < -0.39 is 28.5 Å². The number of amides is 1. The standard InChI is InChI=1S/C32H29N3O5S/c1-3-34-29-14-7-5-12-26(29)27-19-24(15-16-30(27)34)33-31(36)20-40-32(37)23-10-8-11-25(18-23)41(38,39)35-21(2)17-22-9-4-6-13-28(22)35/h4-16,18-19,21H,3,17,20H2,1-2H3,(H,33,36)/t21-/m1/s1. The number of esters is 1. The van der Waals surface area contributed by atoms with Gasteiger partial charge in [0, 0.05) is 40.1 Å². The number of carbonyl (C=O) groups excluding carboxylic acids is 2. The monoisotopic (exact) mass is 567 g/mol. The summed E-state index contributed by atoms with van der Waals surface area (Å²) in [4.78, 5) is 25.5. The van der Waals surface area contributed by atoms with Crippen LogP contribution in [0.3, 0.4) is 0 Å². The molecule has 0 saturated carbocycles. The van der Waals surface area contributed by atoms with Gasteiger partial charge in [-0.1, -0.05) is 42.5 Å². The average molecular weight is 568 g/mol. The summed E-state index contributed by atoms with van der Waals surface area (Å²) in [6, 6.07) is 26.7. The largest absolute Gasteiger partial charge is 0.452 e. The molecule has 1 N–H and O–H groups in total. The highest BCUT2D eigenvalue weighted by atomic mass is 32.2. The molecule has 6 rings (SSSR count). The van der Waals surface area contributed by atoms with Crippen LogP contribution in [0.1, 0.15) is 29.8 Å². The second-order valence-corrected chi connectivity index (χ2v) is 11.9. The highest BCUT2D eigenvalue weighted by Gasteiger charge is 2.36. The van der Waals surface area contributed by atoms with E-state index in [2.05, 4.69) is 28.9 Å². The molecule has 1 aliphatic heterocycles. The van der Waals surface area contributed by atoms with Gasteiger partial charge in [-0.05, 0) is 74.4 Å². The second kappa shape index (κ2) is 10.4. The number of sulfonamides is 1. The zero-order chi connectivity index (χ0) is 28.7. The van der Waals surface area contributed by atoms with Crippen molar-refractivity contribution in [3.05, 3.63) is 102 Å². The molecule has 5 aromatic rings. The molecule has 1 aliphatic rings. The number of nitrogens with one attached hydrogen (secondary N) is 1. The number of rotatable bonds is 7. The van der Waals surface area contributed by atoms with Gasteiger partial charge in [0.2, 0.25) is 0 Å². The van der Waals surface area contributed by atoms with Crippen LogP contribution in [0.15, 0.2) is 95.9 Å². The minimum Gasteiger partial charge on any atom is -0.452 e. The van der Waals surface area contributed by atoms with E-state index in [9.17, 15) is 18.0 Å². The van der Waals surface area contributed by atoms with E-state index in [-0.39, 0.29) is 16.5 Å². The summed E-state index contributed by atoms with van der Waals surface area (Å²) in [5.74, 6) is -1.28. The quantitative estimate of drug-likeness (QED) is 0.253. The van der Waals surface area contributed by atoms with Crippen molar-refractivity contribution in [2.75, 3.05) is 16.2 Å². The molecular weight excluding hydrogens is 538 g/mol. The molecule has 41 heavy (non-hydrogen) atoms. The van der Waals surface area contributed by atoms with Crippen LogP contribution in [0, 0.1) is 0 Å². The van der Waals surface area contributed by atoms with Crippen LogP contribution in [0.5, 0.6) is 0 Å². The van der Waals surface area contributed by atoms with Crippen molar-refractivity contribution in [1.29, 1.82) is 0 Å². The van der Waals surface area contributed by atoms with Crippen molar-refractivity contribution in [3.63, 3.8) is 0 Å². The first-order valence-electron chi connectivity index (χ1n) is 13.5. The number of hydrogen-bond donors (Lipinski definition) is 1. The lowest BCUT2D eigenvalue weighted by Crippen LogP contribution is -2.35. The number of benzene rings is 4. The summed E-state index contributed by atoms with van der Waals surface area (Å²) in [5.41, 5.74) is 4.43. The number of nitrogens with zero attached hydrogens (tertiary/aromatic N) is 2. The summed E-state index contributed by atoms with van der Waals surface area (Å²) in [6.07, 6.45) is 0.611. The smallest absolute Gasteiger partial charge is 0.338 e. The fraction of sp³-hybridized carbons (Fsp3) is 0.188. The van der Waals surface area contributed by atoms with Gasteiger partial charge in [-0.3, -0.25) is 9.10 Å². The van der Waals surface area contributed by atoms with Gasteiger partial charge in [-0.15, -0.1) is 0 Å². The number of carbonyl (C=O) groups is 2. The molecule has 0 unspecified atom stereocenters. The number of fused-ring (bicyclic) bond motifs is 4. The summed E-state index contributed by atoms with van der Waals surface area (Å²) >= 11 is 0. The Balaban J connectivity index is 1.15. The van der Waals surface area contributed by atoms with E-state index in [4.69, 9.17) is 4.74 Å². The lowest BCUT2D eigenvalue weighted by molar-refractivity contribution is -0.119. The Morgan fingerprint density at radius 3 is 2.49 bits per heavy atom. The Morgan fingerprint density at radius 1 is 0.902 bits per heavy atom. The molecule has 208 valence electrons. The van der Waals surface area contributed by atoms with Crippen LogP contribution >= 0.6 is 0 Å². The Morgan fingerprint density at radius 2 is 1.66 bits per heavy atom. The lowest BCUT2D eigenvalue weighted by Gasteiger charge is -2.24. The molecule has 4 aromatic carbocycles. The number of hydrogen-bond acceptors (Lipinski definition) is 5. The zero-order valence-corrected chi connectivity index (χ0v) is 23.5. The topological polar surface area (TPSA) is 97.7 Å². The van der Waals surface area contributed by atoms with Crippen molar-refractivity contribution in [2.45, 2.75) is 37.8 Å². The van der Waals surface area contributed by atoms with Gasteiger partial charge in [0.05, 0.1) is 16.1 Å². The number of aryl methyl sites for hydroxylation is 1. The maximum absolute atomic E-state index is 13.6. The first-order valence-corrected chi connectivity index (χ1v) is 14.9. The number of para-hydroxylation sites is 2. The maximum Gasteiger partial charge on any atom is 0.338 e. The molecule has 0 bridgehead atoms. The Hall–Kier alpha value is -4.63. The normalized spacial score (nSPS) is 14.8. The van der Waals surface area contributed by atoms with Gasteiger partial charge < -0.3 is 14.6 Å². The van der Waals surface area contributed by atoms with Crippen LogP contribution in [-0.4, -0.2) is 37.5 Å². The van der Waals surface area contributed by atoms with Crippen molar-refractivity contribution in [3.8, 4) is 0 Å². The summed E-state index contributed by atoms with van der Waals surface area (Å²) in [5, 5.41) is 4.90. The number of aromatic nitrogens is 1. The van der Waals surface area contributed by atoms with E-state index >= 15 is 0 Å². The Bertz CT molecular complexity index is 1930. The van der Waals surface area contributed by atoms with Crippen molar-refractivity contribution in [1.82, 2.24) is 4.57 Å².